The van der Waals surface area contributed by atoms with E-state index in [0.29, 0.717) is 19.0 Å². The van der Waals surface area contributed by atoms with Crippen LogP contribution in [0.3, 0.4) is 0 Å². The highest BCUT2D eigenvalue weighted by Crippen LogP contribution is 2.17. The molecule has 2 unspecified atom stereocenters. The van der Waals surface area contributed by atoms with Gasteiger partial charge in [-0.25, -0.2) is 0 Å². The van der Waals surface area contributed by atoms with Gasteiger partial charge in [-0.05, 0) is 31.4 Å². The SMILES string of the molecule is CCN(C(=O)CN1CCC(N)C(C)C1)c1ccccc1. The molecule has 1 fully saturated rings. The monoisotopic (exact) mass is 275 g/mol. The average molecular weight is 275 g/mol. The molecule has 0 radical (unpaired) electrons. The molecule has 0 bridgehead atoms. The van der Waals surface area contributed by atoms with E-state index in [0.717, 1.165) is 25.2 Å². The topological polar surface area (TPSA) is 49.6 Å². The molecule has 0 spiro atoms. The van der Waals surface area contributed by atoms with Crippen molar-refractivity contribution in [3.63, 3.8) is 0 Å². The summed E-state index contributed by atoms with van der Waals surface area (Å²) < 4.78 is 0. The van der Waals surface area contributed by atoms with Crippen molar-refractivity contribution < 1.29 is 4.79 Å². The van der Waals surface area contributed by atoms with Crippen LogP contribution in [0.2, 0.25) is 0 Å². The first kappa shape index (κ1) is 15.0. The lowest BCUT2D eigenvalue weighted by Gasteiger charge is -2.35. The highest BCUT2D eigenvalue weighted by molar-refractivity contribution is 5.94. The Morgan fingerprint density at radius 2 is 2.10 bits per heavy atom. The summed E-state index contributed by atoms with van der Waals surface area (Å²) in [5, 5.41) is 0. The Labute approximate surface area is 121 Å². The van der Waals surface area contributed by atoms with Crippen molar-refractivity contribution >= 4 is 11.6 Å². The number of piperidine rings is 1. The molecular formula is C16H25N3O. The lowest BCUT2D eigenvalue weighted by molar-refractivity contribution is -0.120. The van der Waals surface area contributed by atoms with Gasteiger partial charge in [0.1, 0.15) is 0 Å². The Kier molecular flexibility index (Phi) is 5.15. The van der Waals surface area contributed by atoms with Gasteiger partial charge in [-0.3, -0.25) is 9.69 Å². The summed E-state index contributed by atoms with van der Waals surface area (Å²) in [7, 11) is 0. The first-order chi connectivity index (χ1) is 9.61. The van der Waals surface area contributed by atoms with E-state index in [9.17, 15) is 4.79 Å². The van der Waals surface area contributed by atoms with Gasteiger partial charge in [0.15, 0.2) is 0 Å². The van der Waals surface area contributed by atoms with E-state index in [4.69, 9.17) is 5.73 Å². The van der Waals surface area contributed by atoms with Crippen molar-refractivity contribution in [2.24, 2.45) is 11.7 Å². The second-order valence-electron chi connectivity index (χ2n) is 5.64. The molecule has 1 aromatic carbocycles. The van der Waals surface area contributed by atoms with Crippen molar-refractivity contribution in [2.45, 2.75) is 26.3 Å². The molecule has 0 saturated carbocycles. The zero-order chi connectivity index (χ0) is 14.5. The van der Waals surface area contributed by atoms with Gasteiger partial charge in [-0.15, -0.1) is 0 Å². The summed E-state index contributed by atoms with van der Waals surface area (Å²) in [4.78, 5) is 16.6. The van der Waals surface area contributed by atoms with Crippen LogP contribution < -0.4 is 10.6 Å². The molecule has 1 amide bonds. The molecular weight excluding hydrogens is 250 g/mol. The molecule has 4 nitrogen and oxygen atoms in total. The van der Waals surface area contributed by atoms with Crippen molar-refractivity contribution in [3.8, 4) is 0 Å². The Balaban J connectivity index is 1.96. The molecule has 1 saturated heterocycles. The number of hydrogen-bond donors (Lipinski definition) is 1. The summed E-state index contributed by atoms with van der Waals surface area (Å²) in [6.45, 7) is 7.20. The van der Waals surface area contributed by atoms with E-state index in [1.165, 1.54) is 0 Å². The predicted octanol–water partition coefficient (Wildman–Crippen LogP) is 1.71. The number of nitrogens with zero attached hydrogens (tertiary/aromatic N) is 2. The summed E-state index contributed by atoms with van der Waals surface area (Å²) in [6, 6.07) is 10.1. The quantitative estimate of drug-likeness (QED) is 0.910. The summed E-state index contributed by atoms with van der Waals surface area (Å²) in [5.41, 5.74) is 7.00. The number of hydrogen-bond acceptors (Lipinski definition) is 3. The minimum atomic E-state index is 0.168. The maximum atomic E-state index is 12.5. The first-order valence-corrected chi connectivity index (χ1v) is 7.45. The van der Waals surface area contributed by atoms with E-state index in [2.05, 4.69) is 11.8 Å². The fourth-order valence-corrected chi connectivity index (χ4v) is 2.78. The number of nitrogens with two attached hydrogens (primary N) is 1. The molecule has 1 aromatic rings. The third kappa shape index (κ3) is 3.58. The average Bonchev–Trinajstić information content (AvgIpc) is 2.45. The number of anilines is 1. The van der Waals surface area contributed by atoms with Crippen LogP contribution in [0.25, 0.3) is 0 Å². The Morgan fingerprint density at radius 3 is 2.70 bits per heavy atom. The van der Waals surface area contributed by atoms with E-state index < -0.39 is 0 Å². The van der Waals surface area contributed by atoms with E-state index in [-0.39, 0.29) is 11.9 Å². The van der Waals surface area contributed by atoms with Gasteiger partial charge in [-0.1, -0.05) is 25.1 Å². The summed E-state index contributed by atoms with van der Waals surface area (Å²) in [6.07, 6.45) is 0.978. The largest absolute Gasteiger partial charge is 0.327 e. The normalized spacial score (nSPS) is 23.6. The number of amides is 1. The van der Waals surface area contributed by atoms with Gasteiger partial charge in [-0.2, -0.15) is 0 Å². The van der Waals surface area contributed by atoms with E-state index in [1.54, 1.807) is 0 Å². The van der Waals surface area contributed by atoms with Crippen LogP contribution in [0, 0.1) is 5.92 Å². The number of para-hydroxylation sites is 1. The van der Waals surface area contributed by atoms with E-state index >= 15 is 0 Å². The molecule has 110 valence electrons. The number of carbonyl (C=O) groups excluding carboxylic acids is 1. The minimum absolute atomic E-state index is 0.168. The summed E-state index contributed by atoms with van der Waals surface area (Å²) in [5.74, 6) is 0.629. The highest BCUT2D eigenvalue weighted by atomic mass is 16.2. The van der Waals surface area contributed by atoms with Crippen molar-refractivity contribution in [1.29, 1.82) is 0 Å². The smallest absolute Gasteiger partial charge is 0.241 e. The molecule has 2 atom stereocenters. The number of benzene rings is 1. The van der Waals surface area contributed by atoms with Gasteiger partial charge < -0.3 is 10.6 Å². The highest BCUT2D eigenvalue weighted by Gasteiger charge is 2.25. The van der Waals surface area contributed by atoms with Crippen molar-refractivity contribution in [3.05, 3.63) is 30.3 Å². The molecule has 20 heavy (non-hydrogen) atoms. The first-order valence-electron chi connectivity index (χ1n) is 7.45. The second kappa shape index (κ2) is 6.86. The van der Waals surface area contributed by atoms with Crippen LogP contribution in [0.5, 0.6) is 0 Å². The molecule has 1 aliphatic heterocycles. The molecule has 0 aromatic heterocycles. The fourth-order valence-electron chi connectivity index (χ4n) is 2.78. The summed E-state index contributed by atoms with van der Waals surface area (Å²) >= 11 is 0. The second-order valence-corrected chi connectivity index (χ2v) is 5.64. The fraction of sp³-hybridized carbons (Fsp3) is 0.562. The van der Waals surface area contributed by atoms with Crippen LogP contribution >= 0.6 is 0 Å². The van der Waals surface area contributed by atoms with Crippen LogP contribution in [0.1, 0.15) is 20.3 Å². The van der Waals surface area contributed by atoms with Gasteiger partial charge in [0.05, 0.1) is 6.54 Å². The minimum Gasteiger partial charge on any atom is -0.327 e. The molecule has 2 N–H and O–H groups in total. The lowest BCUT2D eigenvalue weighted by atomic mass is 9.95. The Morgan fingerprint density at radius 1 is 1.40 bits per heavy atom. The maximum absolute atomic E-state index is 12.5. The standard InChI is InChI=1S/C16H25N3O/c1-3-19(14-7-5-4-6-8-14)16(20)12-18-10-9-15(17)13(2)11-18/h4-8,13,15H,3,9-12,17H2,1-2H3. The zero-order valence-corrected chi connectivity index (χ0v) is 12.5. The van der Waals surface area contributed by atoms with Crippen LogP contribution in [-0.2, 0) is 4.79 Å². The molecule has 2 rings (SSSR count). The molecule has 0 aliphatic carbocycles. The number of rotatable bonds is 4. The van der Waals surface area contributed by atoms with Gasteiger partial charge >= 0.3 is 0 Å². The van der Waals surface area contributed by atoms with Gasteiger partial charge in [0.2, 0.25) is 5.91 Å². The van der Waals surface area contributed by atoms with Crippen molar-refractivity contribution in [1.82, 2.24) is 4.90 Å². The molecule has 1 aliphatic rings. The number of likely N-dealkylation sites (N-methyl/N-ethyl adjacent to an activating group) is 1. The van der Waals surface area contributed by atoms with E-state index in [1.807, 2.05) is 42.2 Å². The number of likely N-dealkylation sites (tertiary alicyclic amines) is 1. The third-order valence-electron chi connectivity index (χ3n) is 4.10. The predicted molar refractivity (Wildman–Crippen MR) is 82.7 cm³/mol. The zero-order valence-electron chi connectivity index (χ0n) is 12.5. The lowest BCUT2D eigenvalue weighted by Crippen LogP contribution is -2.49. The number of carbonyl (C=O) groups is 1. The van der Waals surface area contributed by atoms with Gasteiger partial charge in [0.25, 0.3) is 0 Å². The maximum Gasteiger partial charge on any atom is 0.241 e. The van der Waals surface area contributed by atoms with Crippen LogP contribution in [0.4, 0.5) is 5.69 Å². The molecule has 4 heteroatoms. The molecule has 1 heterocycles. The Hall–Kier alpha value is -1.39. The van der Waals surface area contributed by atoms with Crippen molar-refractivity contribution in [2.75, 3.05) is 31.1 Å². The third-order valence-corrected chi connectivity index (χ3v) is 4.10. The Bertz CT molecular complexity index is 435. The van der Waals surface area contributed by atoms with Gasteiger partial charge in [0, 0.05) is 31.4 Å². The van der Waals surface area contributed by atoms with Crippen LogP contribution in [0.15, 0.2) is 30.3 Å². The van der Waals surface area contributed by atoms with Crippen LogP contribution in [-0.4, -0.2) is 43.0 Å².